The van der Waals surface area contributed by atoms with E-state index in [4.69, 9.17) is 0 Å². The van der Waals surface area contributed by atoms with Gasteiger partial charge in [0, 0.05) is 37.9 Å². The molecule has 5 heteroatoms. The topological polar surface area (TPSA) is 58.1 Å². The number of amides is 1. The summed E-state index contributed by atoms with van der Waals surface area (Å²) in [4.78, 5) is 23.3. The van der Waals surface area contributed by atoms with Crippen molar-refractivity contribution in [2.75, 3.05) is 18.0 Å². The van der Waals surface area contributed by atoms with Crippen molar-refractivity contribution in [3.05, 3.63) is 53.3 Å². The first-order valence-corrected chi connectivity index (χ1v) is 8.48. The zero-order valence-corrected chi connectivity index (χ0v) is 14.3. The lowest BCUT2D eigenvalue weighted by molar-refractivity contribution is -0.125. The van der Waals surface area contributed by atoms with Crippen molar-refractivity contribution in [2.45, 2.75) is 33.2 Å². The summed E-state index contributed by atoms with van der Waals surface area (Å²) >= 11 is 0. The van der Waals surface area contributed by atoms with Crippen molar-refractivity contribution in [2.24, 2.45) is 5.92 Å². The van der Waals surface area contributed by atoms with E-state index in [1.807, 2.05) is 19.3 Å². The Morgan fingerprint density at radius 1 is 1.08 bits per heavy atom. The number of aryl methyl sites for hydroxylation is 2. The van der Waals surface area contributed by atoms with Crippen LogP contribution in [0.2, 0.25) is 0 Å². The third kappa shape index (κ3) is 4.10. The molecule has 3 rings (SSSR count). The molecular formula is C19H24N4O. The zero-order chi connectivity index (χ0) is 16.9. The minimum Gasteiger partial charge on any atom is -0.352 e. The van der Waals surface area contributed by atoms with Gasteiger partial charge in [-0.1, -0.05) is 29.8 Å². The van der Waals surface area contributed by atoms with Crippen molar-refractivity contribution < 1.29 is 4.79 Å². The molecule has 0 atom stereocenters. The number of benzene rings is 1. The van der Waals surface area contributed by atoms with Gasteiger partial charge >= 0.3 is 0 Å². The van der Waals surface area contributed by atoms with E-state index in [2.05, 4.69) is 51.4 Å². The van der Waals surface area contributed by atoms with Gasteiger partial charge in [-0.2, -0.15) is 0 Å². The highest BCUT2D eigenvalue weighted by atomic mass is 16.1. The lowest BCUT2D eigenvalue weighted by Crippen LogP contribution is -2.41. The van der Waals surface area contributed by atoms with E-state index in [9.17, 15) is 4.79 Å². The Morgan fingerprint density at radius 3 is 2.33 bits per heavy atom. The number of hydrogen-bond acceptors (Lipinski definition) is 4. The molecule has 5 nitrogen and oxygen atoms in total. The Kier molecular flexibility index (Phi) is 5.08. The number of rotatable bonds is 4. The maximum absolute atomic E-state index is 12.4. The molecule has 1 aromatic heterocycles. The fourth-order valence-corrected chi connectivity index (χ4v) is 2.93. The van der Waals surface area contributed by atoms with Gasteiger partial charge in [-0.05, 0) is 37.8 Å². The molecule has 1 aliphatic rings. The van der Waals surface area contributed by atoms with Crippen LogP contribution in [0.1, 0.15) is 29.5 Å². The molecule has 2 heterocycles. The summed E-state index contributed by atoms with van der Waals surface area (Å²) in [6.07, 6.45) is 5.36. The molecule has 1 N–H and O–H groups in total. The van der Waals surface area contributed by atoms with E-state index in [1.54, 1.807) is 0 Å². The molecule has 0 spiro atoms. The van der Waals surface area contributed by atoms with Gasteiger partial charge in [0.25, 0.3) is 0 Å². The van der Waals surface area contributed by atoms with E-state index in [-0.39, 0.29) is 11.8 Å². The Morgan fingerprint density at radius 2 is 1.71 bits per heavy atom. The van der Waals surface area contributed by atoms with Crippen molar-refractivity contribution in [3.8, 4) is 0 Å². The average Bonchev–Trinajstić information content (AvgIpc) is 2.62. The van der Waals surface area contributed by atoms with Crippen LogP contribution < -0.4 is 10.2 Å². The number of carbonyl (C=O) groups excluding carboxylic acids is 1. The number of nitrogens with zero attached hydrogens (tertiary/aromatic N) is 3. The highest BCUT2D eigenvalue weighted by Gasteiger charge is 2.25. The van der Waals surface area contributed by atoms with Gasteiger partial charge in [0.15, 0.2) is 0 Å². The van der Waals surface area contributed by atoms with E-state index >= 15 is 0 Å². The third-order valence-corrected chi connectivity index (χ3v) is 4.50. The Balaban J connectivity index is 1.48. The summed E-state index contributed by atoms with van der Waals surface area (Å²) in [6, 6.07) is 8.27. The van der Waals surface area contributed by atoms with E-state index in [0.717, 1.165) is 43.0 Å². The Labute approximate surface area is 143 Å². The highest BCUT2D eigenvalue weighted by Crippen LogP contribution is 2.20. The molecule has 24 heavy (non-hydrogen) atoms. The number of nitrogens with one attached hydrogen (secondary N) is 1. The fourth-order valence-electron chi connectivity index (χ4n) is 2.93. The predicted octanol–water partition coefficient (Wildman–Crippen LogP) is 2.63. The number of piperidine rings is 1. The SMILES string of the molecule is Cc1ccc(CNC(=O)C2CCN(c3ncc(C)cn3)CC2)cc1. The van der Waals surface area contributed by atoms with Crippen LogP contribution in [-0.4, -0.2) is 29.0 Å². The van der Waals surface area contributed by atoms with Crippen LogP contribution in [0.4, 0.5) is 5.95 Å². The van der Waals surface area contributed by atoms with Gasteiger partial charge in [-0.15, -0.1) is 0 Å². The molecule has 1 aliphatic heterocycles. The molecule has 0 saturated carbocycles. The molecule has 0 radical (unpaired) electrons. The van der Waals surface area contributed by atoms with Crippen LogP contribution in [0.25, 0.3) is 0 Å². The minimum absolute atomic E-state index is 0.0807. The summed E-state index contributed by atoms with van der Waals surface area (Å²) < 4.78 is 0. The quantitative estimate of drug-likeness (QED) is 0.939. The third-order valence-electron chi connectivity index (χ3n) is 4.50. The molecule has 0 bridgehead atoms. The van der Waals surface area contributed by atoms with Crippen LogP contribution >= 0.6 is 0 Å². The second-order valence-corrected chi connectivity index (χ2v) is 6.53. The summed E-state index contributed by atoms with van der Waals surface area (Å²) in [6.45, 7) is 6.29. The number of carbonyl (C=O) groups is 1. The van der Waals surface area contributed by atoms with Gasteiger partial charge in [-0.25, -0.2) is 9.97 Å². The molecule has 1 amide bonds. The summed E-state index contributed by atoms with van der Waals surface area (Å²) in [5, 5.41) is 3.06. The van der Waals surface area contributed by atoms with Gasteiger partial charge in [0.05, 0.1) is 0 Å². The maximum Gasteiger partial charge on any atom is 0.225 e. The molecule has 0 aliphatic carbocycles. The maximum atomic E-state index is 12.4. The highest BCUT2D eigenvalue weighted by molar-refractivity contribution is 5.78. The van der Waals surface area contributed by atoms with Gasteiger partial charge in [-0.3, -0.25) is 4.79 Å². The summed E-state index contributed by atoms with van der Waals surface area (Å²) in [5.74, 6) is 0.997. The fraction of sp³-hybridized carbons (Fsp3) is 0.421. The van der Waals surface area contributed by atoms with Gasteiger partial charge < -0.3 is 10.2 Å². The van der Waals surface area contributed by atoms with Gasteiger partial charge in [0.1, 0.15) is 0 Å². The minimum atomic E-state index is 0.0807. The standard InChI is InChI=1S/C19H24N4O/c1-14-3-5-16(6-4-14)13-20-18(24)17-7-9-23(10-8-17)19-21-11-15(2)12-22-19/h3-6,11-12,17H,7-10,13H2,1-2H3,(H,20,24). The Bertz CT molecular complexity index is 674. The summed E-state index contributed by atoms with van der Waals surface area (Å²) in [7, 11) is 0. The van der Waals surface area contributed by atoms with Crippen LogP contribution in [0, 0.1) is 19.8 Å². The summed E-state index contributed by atoms with van der Waals surface area (Å²) in [5.41, 5.74) is 3.43. The van der Waals surface area contributed by atoms with Gasteiger partial charge in [0.2, 0.25) is 11.9 Å². The molecule has 1 aromatic carbocycles. The lowest BCUT2D eigenvalue weighted by Gasteiger charge is -2.31. The van der Waals surface area contributed by atoms with Crippen LogP contribution in [-0.2, 0) is 11.3 Å². The first kappa shape index (κ1) is 16.4. The largest absolute Gasteiger partial charge is 0.352 e. The van der Waals surface area contributed by atoms with Crippen LogP contribution in [0.5, 0.6) is 0 Å². The molecule has 0 unspecified atom stereocenters. The van der Waals surface area contributed by atoms with Crippen molar-refractivity contribution >= 4 is 11.9 Å². The van der Waals surface area contributed by atoms with Crippen molar-refractivity contribution in [3.63, 3.8) is 0 Å². The number of hydrogen-bond donors (Lipinski definition) is 1. The van der Waals surface area contributed by atoms with Crippen LogP contribution in [0.3, 0.4) is 0 Å². The smallest absolute Gasteiger partial charge is 0.225 e. The molecule has 1 saturated heterocycles. The second-order valence-electron chi connectivity index (χ2n) is 6.53. The first-order valence-electron chi connectivity index (χ1n) is 8.48. The van der Waals surface area contributed by atoms with Crippen molar-refractivity contribution in [1.29, 1.82) is 0 Å². The van der Waals surface area contributed by atoms with Crippen LogP contribution in [0.15, 0.2) is 36.7 Å². The molecule has 2 aromatic rings. The number of anilines is 1. The average molecular weight is 324 g/mol. The molecule has 1 fully saturated rings. The predicted molar refractivity (Wildman–Crippen MR) is 94.7 cm³/mol. The molecule has 126 valence electrons. The van der Waals surface area contributed by atoms with E-state index in [1.165, 1.54) is 5.56 Å². The first-order chi connectivity index (χ1) is 11.6. The number of aromatic nitrogens is 2. The van der Waals surface area contributed by atoms with E-state index in [0.29, 0.717) is 6.54 Å². The second kappa shape index (κ2) is 7.43. The van der Waals surface area contributed by atoms with E-state index < -0.39 is 0 Å². The lowest BCUT2D eigenvalue weighted by atomic mass is 9.96. The Hall–Kier alpha value is -2.43. The monoisotopic (exact) mass is 324 g/mol. The molecular weight excluding hydrogens is 300 g/mol. The van der Waals surface area contributed by atoms with Crippen molar-refractivity contribution in [1.82, 2.24) is 15.3 Å². The normalized spacial score (nSPS) is 15.3. The zero-order valence-electron chi connectivity index (χ0n) is 14.3.